The van der Waals surface area contributed by atoms with Crippen LogP contribution in [0, 0.1) is 0 Å². The molecule has 0 aliphatic heterocycles. The Morgan fingerprint density at radius 3 is 2.43 bits per heavy atom. The number of furan rings is 1. The molecule has 0 saturated carbocycles. The zero-order chi connectivity index (χ0) is 11.0. The molecular weight excluding hydrogens is 206 g/mol. The third-order valence-electron chi connectivity index (χ3n) is 1.82. The van der Waals surface area contributed by atoms with Crippen molar-refractivity contribution in [3.05, 3.63) is 17.9 Å². The van der Waals surface area contributed by atoms with E-state index >= 15 is 0 Å². The molecule has 0 unspecified atom stereocenters. The molecule has 0 aliphatic rings. The lowest BCUT2D eigenvalue weighted by Gasteiger charge is -2.13. The Hall–Kier alpha value is -0.850. The molecule has 14 heavy (non-hydrogen) atoms. The molecule has 1 aromatic rings. The van der Waals surface area contributed by atoms with Crippen molar-refractivity contribution >= 4 is 10.0 Å². The van der Waals surface area contributed by atoms with E-state index in [0.29, 0.717) is 5.56 Å². The van der Waals surface area contributed by atoms with Crippen LogP contribution >= 0.6 is 0 Å². The Bertz CT molecular complexity index is 413. The summed E-state index contributed by atoms with van der Waals surface area (Å²) in [6, 6.07) is 1.30. The topological polar surface area (TPSA) is 79.5 Å². The zero-order valence-electron chi connectivity index (χ0n) is 8.23. The number of sulfonamides is 1. The van der Waals surface area contributed by atoms with E-state index in [1.807, 2.05) is 0 Å². The maximum absolute atomic E-state index is 11.3. The molecule has 0 bridgehead atoms. The van der Waals surface area contributed by atoms with Crippen molar-refractivity contribution < 1.29 is 17.9 Å². The van der Waals surface area contributed by atoms with Crippen molar-refractivity contribution in [2.24, 2.45) is 0 Å². The standard InChI is InChI=1S/C8H13NO4S/c1-8(2,10)6-4-7(13-5-6)14(11,12)9-3/h4-5,9-10H,1-3H3. The quantitative estimate of drug-likeness (QED) is 0.772. The first kappa shape index (κ1) is 11.2. The van der Waals surface area contributed by atoms with Crippen LogP contribution in [0.2, 0.25) is 0 Å². The fourth-order valence-corrected chi connectivity index (χ4v) is 1.54. The minimum absolute atomic E-state index is 0.197. The van der Waals surface area contributed by atoms with Crippen LogP contribution < -0.4 is 4.72 Å². The second kappa shape index (κ2) is 3.38. The predicted molar refractivity (Wildman–Crippen MR) is 50.2 cm³/mol. The van der Waals surface area contributed by atoms with Gasteiger partial charge in [-0.2, -0.15) is 0 Å². The van der Waals surface area contributed by atoms with Crippen molar-refractivity contribution in [2.45, 2.75) is 24.5 Å². The van der Waals surface area contributed by atoms with Gasteiger partial charge in [0.15, 0.2) is 0 Å². The van der Waals surface area contributed by atoms with E-state index in [0.717, 1.165) is 0 Å². The maximum atomic E-state index is 11.3. The van der Waals surface area contributed by atoms with Gasteiger partial charge in [0.25, 0.3) is 10.0 Å². The summed E-state index contributed by atoms with van der Waals surface area (Å²) in [5, 5.41) is 9.37. The first-order valence-electron chi connectivity index (χ1n) is 4.02. The van der Waals surface area contributed by atoms with Crippen molar-refractivity contribution in [1.82, 2.24) is 4.72 Å². The highest BCUT2D eigenvalue weighted by atomic mass is 32.2. The Labute approximate surface area is 82.8 Å². The molecule has 1 aromatic heterocycles. The van der Waals surface area contributed by atoms with Gasteiger partial charge in [0.1, 0.15) is 0 Å². The first-order valence-corrected chi connectivity index (χ1v) is 5.50. The molecule has 5 nitrogen and oxygen atoms in total. The Morgan fingerprint density at radius 2 is 2.07 bits per heavy atom. The number of aliphatic hydroxyl groups is 1. The lowest BCUT2D eigenvalue weighted by Crippen LogP contribution is -2.18. The molecule has 80 valence electrons. The van der Waals surface area contributed by atoms with Crippen LogP contribution in [0.3, 0.4) is 0 Å². The average Bonchev–Trinajstić information content (AvgIpc) is 2.51. The highest BCUT2D eigenvalue weighted by molar-refractivity contribution is 7.89. The molecule has 0 amide bonds. The number of hydrogen-bond acceptors (Lipinski definition) is 4. The second-order valence-corrected chi connectivity index (χ2v) is 5.24. The average molecular weight is 219 g/mol. The van der Waals surface area contributed by atoms with Gasteiger partial charge in [0.2, 0.25) is 5.09 Å². The van der Waals surface area contributed by atoms with Gasteiger partial charge in [0, 0.05) is 11.6 Å². The third kappa shape index (κ3) is 2.14. The van der Waals surface area contributed by atoms with Crippen molar-refractivity contribution in [3.8, 4) is 0 Å². The number of rotatable bonds is 3. The molecule has 1 rings (SSSR count). The normalized spacial score (nSPS) is 13.1. The summed E-state index contributed by atoms with van der Waals surface area (Å²) in [5.41, 5.74) is -0.684. The molecule has 2 N–H and O–H groups in total. The van der Waals surface area contributed by atoms with E-state index in [1.165, 1.54) is 19.4 Å². The van der Waals surface area contributed by atoms with Gasteiger partial charge in [-0.15, -0.1) is 0 Å². The van der Waals surface area contributed by atoms with Crippen LogP contribution in [-0.4, -0.2) is 20.6 Å². The third-order valence-corrected chi connectivity index (χ3v) is 3.10. The van der Waals surface area contributed by atoms with Gasteiger partial charge in [-0.1, -0.05) is 0 Å². The molecule has 0 aromatic carbocycles. The maximum Gasteiger partial charge on any atom is 0.273 e. The fourth-order valence-electron chi connectivity index (χ4n) is 0.879. The summed E-state index contributed by atoms with van der Waals surface area (Å²) in [4.78, 5) is 0. The van der Waals surface area contributed by atoms with Gasteiger partial charge in [-0.3, -0.25) is 0 Å². The highest BCUT2D eigenvalue weighted by Gasteiger charge is 2.23. The molecule has 1 heterocycles. The van der Waals surface area contributed by atoms with E-state index in [-0.39, 0.29) is 5.09 Å². The van der Waals surface area contributed by atoms with Crippen molar-refractivity contribution in [3.63, 3.8) is 0 Å². The van der Waals surface area contributed by atoms with Crippen LogP contribution in [-0.2, 0) is 15.6 Å². The fraction of sp³-hybridized carbons (Fsp3) is 0.500. The molecule has 0 radical (unpaired) electrons. The molecule has 0 fully saturated rings. The largest absolute Gasteiger partial charge is 0.451 e. The number of nitrogens with one attached hydrogen (secondary N) is 1. The SMILES string of the molecule is CNS(=O)(=O)c1cc(C(C)(C)O)co1. The monoisotopic (exact) mass is 219 g/mol. The van der Waals surface area contributed by atoms with Crippen molar-refractivity contribution in [1.29, 1.82) is 0 Å². The summed E-state index contributed by atoms with van der Waals surface area (Å²) in [7, 11) is -2.27. The van der Waals surface area contributed by atoms with Crippen LogP contribution in [0.25, 0.3) is 0 Å². The first-order chi connectivity index (χ1) is 6.27. The molecule has 0 atom stereocenters. The summed E-state index contributed by atoms with van der Waals surface area (Å²) in [5.74, 6) is 0. The lowest BCUT2D eigenvalue weighted by molar-refractivity contribution is 0.0779. The van der Waals surface area contributed by atoms with E-state index in [9.17, 15) is 13.5 Å². The summed E-state index contributed by atoms with van der Waals surface area (Å²) < 4.78 is 29.5. The summed E-state index contributed by atoms with van der Waals surface area (Å²) in [6.07, 6.45) is 1.23. The van der Waals surface area contributed by atoms with Crippen molar-refractivity contribution in [2.75, 3.05) is 7.05 Å². The summed E-state index contributed by atoms with van der Waals surface area (Å²) >= 11 is 0. The van der Waals surface area contributed by atoms with E-state index < -0.39 is 15.6 Å². The van der Waals surface area contributed by atoms with Crippen LogP contribution in [0.4, 0.5) is 0 Å². The predicted octanol–water partition coefficient (Wildman–Crippen LogP) is 0.415. The molecule has 6 heteroatoms. The Balaban J connectivity index is 3.13. The minimum Gasteiger partial charge on any atom is -0.451 e. The lowest BCUT2D eigenvalue weighted by atomic mass is 10.0. The summed E-state index contributed by atoms with van der Waals surface area (Å²) in [6.45, 7) is 3.10. The van der Waals surface area contributed by atoms with E-state index in [4.69, 9.17) is 4.42 Å². The van der Waals surface area contributed by atoms with Gasteiger partial charge in [0.05, 0.1) is 11.9 Å². The van der Waals surface area contributed by atoms with Crippen LogP contribution in [0.5, 0.6) is 0 Å². The molecule has 0 spiro atoms. The minimum atomic E-state index is -3.57. The van der Waals surface area contributed by atoms with Gasteiger partial charge >= 0.3 is 0 Å². The zero-order valence-corrected chi connectivity index (χ0v) is 9.05. The smallest absolute Gasteiger partial charge is 0.273 e. The second-order valence-electron chi connectivity index (χ2n) is 3.42. The Kier molecular flexibility index (Phi) is 2.71. The molecular formula is C8H13NO4S. The molecule has 0 aliphatic carbocycles. The van der Waals surface area contributed by atoms with Crippen LogP contribution in [0.15, 0.2) is 21.8 Å². The van der Waals surface area contributed by atoms with E-state index in [2.05, 4.69) is 4.72 Å². The van der Waals surface area contributed by atoms with Gasteiger partial charge in [-0.25, -0.2) is 13.1 Å². The van der Waals surface area contributed by atoms with E-state index in [1.54, 1.807) is 13.8 Å². The van der Waals surface area contributed by atoms with Gasteiger partial charge < -0.3 is 9.52 Å². The highest BCUT2D eigenvalue weighted by Crippen LogP contribution is 2.23. The molecule has 0 saturated heterocycles. The Morgan fingerprint density at radius 1 is 1.50 bits per heavy atom. The number of hydrogen-bond donors (Lipinski definition) is 2. The van der Waals surface area contributed by atoms with Crippen LogP contribution in [0.1, 0.15) is 19.4 Å². The van der Waals surface area contributed by atoms with Gasteiger partial charge in [-0.05, 0) is 20.9 Å².